The van der Waals surface area contributed by atoms with Crippen molar-refractivity contribution < 1.29 is 18.0 Å². The van der Waals surface area contributed by atoms with Gasteiger partial charge in [0.25, 0.3) is 0 Å². The number of carbonyl (C=O) groups excluding carboxylic acids is 1. The van der Waals surface area contributed by atoms with Crippen molar-refractivity contribution in [3.8, 4) is 0 Å². The van der Waals surface area contributed by atoms with Gasteiger partial charge in [-0.2, -0.15) is 13.2 Å². The number of rotatable bonds is 2. The van der Waals surface area contributed by atoms with Gasteiger partial charge in [0.15, 0.2) is 0 Å². The van der Waals surface area contributed by atoms with Crippen LogP contribution in [0.15, 0.2) is 0 Å². The van der Waals surface area contributed by atoms with Gasteiger partial charge in [0, 0.05) is 13.1 Å². The second kappa shape index (κ2) is 3.42. The SMILES string of the molecule is CCC1(N)CN(C(=O)CC(F)(F)F)C1. The van der Waals surface area contributed by atoms with E-state index in [4.69, 9.17) is 5.73 Å². The maximum atomic E-state index is 11.8. The second-order valence-electron chi connectivity index (χ2n) is 3.76. The fraction of sp³-hybridized carbons (Fsp3) is 0.875. The molecule has 6 heteroatoms. The number of likely N-dealkylation sites (tertiary alicyclic amines) is 1. The third kappa shape index (κ3) is 2.60. The summed E-state index contributed by atoms with van der Waals surface area (Å²) in [5, 5.41) is 0. The molecule has 0 aliphatic carbocycles. The predicted octanol–water partition coefficient (Wildman–Crippen LogP) is 0.889. The van der Waals surface area contributed by atoms with E-state index in [1.165, 1.54) is 0 Å². The predicted molar refractivity (Wildman–Crippen MR) is 44.5 cm³/mol. The van der Waals surface area contributed by atoms with Crippen molar-refractivity contribution in [1.82, 2.24) is 4.90 Å². The summed E-state index contributed by atoms with van der Waals surface area (Å²) in [6.07, 6.45) is -5.13. The van der Waals surface area contributed by atoms with Crippen LogP contribution in [0.3, 0.4) is 0 Å². The summed E-state index contributed by atoms with van der Waals surface area (Å²) < 4.78 is 35.5. The van der Waals surface area contributed by atoms with Crippen LogP contribution >= 0.6 is 0 Å². The first-order chi connectivity index (χ1) is 6.26. The lowest BCUT2D eigenvalue weighted by Gasteiger charge is -2.47. The van der Waals surface area contributed by atoms with E-state index in [9.17, 15) is 18.0 Å². The molecule has 0 aromatic rings. The standard InChI is InChI=1S/C8H13F3N2O/c1-2-7(12)4-13(5-7)6(14)3-8(9,10)11/h2-5,12H2,1H3. The monoisotopic (exact) mass is 210 g/mol. The lowest BCUT2D eigenvalue weighted by molar-refractivity contribution is -0.166. The number of hydrogen-bond acceptors (Lipinski definition) is 2. The summed E-state index contributed by atoms with van der Waals surface area (Å²) >= 11 is 0. The summed E-state index contributed by atoms with van der Waals surface area (Å²) in [5.74, 6) is -0.882. The van der Waals surface area contributed by atoms with Gasteiger partial charge in [-0.1, -0.05) is 6.92 Å². The molecule has 1 rings (SSSR count). The molecule has 0 spiro atoms. The Bertz CT molecular complexity index is 233. The van der Waals surface area contributed by atoms with Crippen molar-refractivity contribution in [3.05, 3.63) is 0 Å². The molecular formula is C8H13F3N2O. The van der Waals surface area contributed by atoms with Crippen LogP contribution in [0.2, 0.25) is 0 Å². The summed E-state index contributed by atoms with van der Waals surface area (Å²) in [6.45, 7) is 2.32. The largest absolute Gasteiger partial charge is 0.397 e. The van der Waals surface area contributed by atoms with Gasteiger partial charge in [-0.05, 0) is 6.42 Å². The van der Waals surface area contributed by atoms with Crippen molar-refractivity contribution in [1.29, 1.82) is 0 Å². The minimum absolute atomic E-state index is 0.235. The Morgan fingerprint density at radius 2 is 2.00 bits per heavy atom. The van der Waals surface area contributed by atoms with E-state index in [1.54, 1.807) is 0 Å². The van der Waals surface area contributed by atoms with E-state index in [0.717, 1.165) is 4.90 Å². The van der Waals surface area contributed by atoms with Gasteiger partial charge in [-0.3, -0.25) is 4.79 Å². The Kier molecular flexibility index (Phi) is 2.76. The van der Waals surface area contributed by atoms with Crippen LogP contribution in [-0.4, -0.2) is 35.6 Å². The highest BCUT2D eigenvalue weighted by Crippen LogP contribution is 2.26. The van der Waals surface area contributed by atoms with E-state index in [0.29, 0.717) is 6.42 Å². The van der Waals surface area contributed by atoms with Gasteiger partial charge < -0.3 is 10.6 Å². The van der Waals surface area contributed by atoms with E-state index < -0.39 is 24.0 Å². The average Bonchev–Trinajstić information content (AvgIpc) is 1.95. The maximum absolute atomic E-state index is 11.8. The zero-order chi connectivity index (χ0) is 11.0. The summed E-state index contributed by atoms with van der Waals surface area (Å²) in [5.41, 5.74) is 5.25. The van der Waals surface area contributed by atoms with Crippen molar-refractivity contribution in [2.75, 3.05) is 13.1 Å². The number of amides is 1. The summed E-state index contributed by atoms with van der Waals surface area (Å²) in [4.78, 5) is 12.1. The molecule has 0 atom stereocenters. The van der Waals surface area contributed by atoms with Gasteiger partial charge in [-0.15, -0.1) is 0 Å². The zero-order valence-corrected chi connectivity index (χ0v) is 7.90. The number of hydrogen-bond donors (Lipinski definition) is 1. The van der Waals surface area contributed by atoms with Crippen molar-refractivity contribution in [2.24, 2.45) is 5.73 Å². The van der Waals surface area contributed by atoms with Crippen LogP contribution in [0.1, 0.15) is 19.8 Å². The average molecular weight is 210 g/mol. The Labute approximate surface area is 80.0 Å². The molecule has 0 radical (unpaired) electrons. The third-order valence-electron chi connectivity index (χ3n) is 2.42. The minimum atomic E-state index is -4.42. The number of alkyl halides is 3. The molecule has 1 fully saturated rings. The van der Waals surface area contributed by atoms with Crippen molar-refractivity contribution in [3.63, 3.8) is 0 Å². The quantitative estimate of drug-likeness (QED) is 0.735. The van der Waals surface area contributed by atoms with Crippen LogP contribution in [0.5, 0.6) is 0 Å². The normalized spacial score (nSPS) is 20.5. The fourth-order valence-corrected chi connectivity index (χ4v) is 1.40. The first-order valence-corrected chi connectivity index (χ1v) is 4.39. The first-order valence-electron chi connectivity index (χ1n) is 4.39. The number of nitrogens with two attached hydrogens (primary N) is 1. The highest BCUT2D eigenvalue weighted by Gasteiger charge is 2.43. The van der Waals surface area contributed by atoms with Crippen LogP contribution in [0.25, 0.3) is 0 Å². The molecule has 2 N–H and O–H groups in total. The lowest BCUT2D eigenvalue weighted by Crippen LogP contribution is -2.68. The smallest absolute Gasteiger partial charge is 0.339 e. The number of carbonyl (C=O) groups is 1. The van der Waals surface area contributed by atoms with Crippen LogP contribution in [0.4, 0.5) is 13.2 Å². The Hall–Kier alpha value is -0.780. The van der Waals surface area contributed by atoms with Crippen LogP contribution in [0, 0.1) is 0 Å². The van der Waals surface area contributed by atoms with E-state index in [1.807, 2.05) is 6.92 Å². The summed E-state index contributed by atoms with van der Waals surface area (Å²) in [7, 11) is 0. The van der Waals surface area contributed by atoms with Crippen molar-refractivity contribution >= 4 is 5.91 Å². The van der Waals surface area contributed by atoms with Gasteiger partial charge in [0.1, 0.15) is 6.42 Å². The molecule has 14 heavy (non-hydrogen) atoms. The minimum Gasteiger partial charge on any atom is -0.339 e. The van der Waals surface area contributed by atoms with Crippen LogP contribution < -0.4 is 5.73 Å². The number of nitrogens with zero attached hydrogens (tertiary/aromatic N) is 1. The molecular weight excluding hydrogens is 197 g/mol. The van der Waals surface area contributed by atoms with Crippen molar-refractivity contribution in [2.45, 2.75) is 31.5 Å². The van der Waals surface area contributed by atoms with Gasteiger partial charge in [-0.25, -0.2) is 0 Å². The Morgan fingerprint density at radius 3 is 2.36 bits per heavy atom. The molecule has 0 aromatic carbocycles. The molecule has 1 saturated heterocycles. The third-order valence-corrected chi connectivity index (χ3v) is 2.42. The van der Waals surface area contributed by atoms with E-state index >= 15 is 0 Å². The highest BCUT2D eigenvalue weighted by molar-refractivity contribution is 5.78. The first kappa shape index (κ1) is 11.3. The molecule has 1 aliphatic heterocycles. The summed E-state index contributed by atoms with van der Waals surface area (Å²) in [6, 6.07) is 0. The topological polar surface area (TPSA) is 46.3 Å². The molecule has 0 saturated carbocycles. The zero-order valence-electron chi connectivity index (χ0n) is 7.90. The van der Waals surface area contributed by atoms with Gasteiger partial charge in [0.05, 0.1) is 5.54 Å². The second-order valence-corrected chi connectivity index (χ2v) is 3.76. The molecule has 3 nitrogen and oxygen atoms in total. The Morgan fingerprint density at radius 1 is 1.50 bits per heavy atom. The molecule has 0 unspecified atom stereocenters. The van der Waals surface area contributed by atoms with E-state index in [-0.39, 0.29) is 13.1 Å². The molecule has 82 valence electrons. The lowest BCUT2D eigenvalue weighted by atomic mass is 9.88. The maximum Gasteiger partial charge on any atom is 0.397 e. The molecule has 0 bridgehead atoms. The number of halogens is 3. The van der Waals surface area contributed by atoms with Gasteiger partial charge in [0.2, 0.25) is 5.91 Å². The van der Waals surface area contributed by atoms with Gasteiger partial charge >= 0.3 is 6.18 Å². The Balaban J connectivity index is 2.37. The molecule has 0 aromatic heterocycles. The van der Waals surface area contributed by atoms with Crippen LogP contribution in [-0.2, 0) is 4.79 Å². The molecule has 1 amide bonds. The molecule has 1 aliphatic rings. The molecule has 1 heterocycles. The fourth-order valence-electron chi connectivity index (χ4n) is 1.40. The highest BCUT2D eigenvalue weighted by atomic mass is 19.4. The van der Waals surface area contributed by atoms with E-state index in [2.05, 4.69) is 0 Å².